The minimum Gasteiger partial charge on any atom is -0.462 e. The molecule has 1 amide bonds. The van der Waals surface area contributed by atoms with Crippen molar-refractivity contribution < 1.29 is 14.3 Å². The van der Waals surface area contributed by atoms with Crippen LogP contribution in [-0.4, -0.2) is 49.7 Å². The Morgan fingerprint density at radius 3 is 2.64 bits per heavy atom. The Balaban J connectivity index is 2.09. The lowest BCUT2D eigenvalue weighted by Crippen LogP contribution is -2.32. The van der Waals surface area contributed by atoms with Crippen molar-refractivity contribution in [3.63, 3.8) is 0 Å². The number of nitrogens with zero attached hydrogens (tertiary/aromatic N) is 2. The van der Waals surface area contributed by atoms with E-state index in [4.69, 9.17) is 9.47 Å². The van der Waals surface area contributed by atoms with Gasteiger partial charge in [-0.3, -0.25) is 4.79 Å². The molecule has 1 saturated heterocycles. The van der Waals surface area contributed by atoms with Crippen LogP contribution in [0.5, 0.6) is 0 Å². The summed E-state index contributed by atoms with van der Waals surface area (Å²) in [5, 5.41) is 0. The topological polar surface area (TPSA) is 51.1 Å². The molecule has 1 aromatic carbocycles. The van der Waals surface area contributed by atoms with Crippen molar-refractivity contribution in [3.05, 3.63) is 35.4 Å². The van der Waals surface area contributed by atoms with Crippen molar-refractivity contribution in [2.75, 3.05) is 32.9 Å². The fraction of sp³-hybridized carbons (Fsp3) is 0.529. The SMILES string of the molecule is CCOCCOC(=NC(=O)c1ccccc1C)N1CCCC1. The van der Waals surface area contributed by atoms with Gasteiger partial charge in [-0.2, -0.15) is 4.99 Å². The van der Waals surface area contributed by atoms with Gasteiger partial charge in [-0.05, 0) is 38.3 Å². The van der Waals surface area contributed by atoms with E-state index in [-0.39, 0.29) is 5.91 Å². The first-order valence-electron chi connectivity index (χ1n) is 7.86. The third-order valence-electron chi connectivity index (χ3n) is 3.61. The molecule has 5 nitrogen and oxygen atoms in total. The Morgan fingerprint density at radius 2 is 1.95 bits per heavy atom. The van der Waals surface area contributed by atoms with E-state index in [1.54, 1.807) is 6.07 Å². The number of aliphatic imine (C=N–C) groups is 1. The normalized spacial score (nSPS) is 15.2. The second-order valence-electron chi connectivity index (χ2n) is 5.25. The summed E-state index contributed by atoms with van der Waals surface area (Å²) in [5.74, 6) is -0.253. The Kier molecular flexibility index (Phi) is 6.40. The summed E-state index contributed by atoms with van der Waals surface area (Å²) in [6.45, 7) is 7.18. The molecule has 120 valence electrons. The minimum atomic E-state index is -0.253. The zero-order chi connectivity index (χ0) is 15.8. The summed E-state index contributed by atoms with van der Waals surface area (Å²) in [4.78, 5) is 18.6. The first-order chi connectivity index (χ1) is 10.7. The zero-order valence-corrected chi connectivity index (χ0v) is 13.4. The van der Waals surface area contributed by atoms with Crippen LogP contribution in [0.15, 0.2) is 29.3 Å². The summed E-state index contributed by atoms with van der Waals surface area (Å²) in [7, 11) is 0. The number of ether oxygens (including phenoxy) is 2. The molecule has 0 atom stereocenters. The Labute approximate surface area is 131 Å². The number of amides is 1. The largest absolute Gasteiger partial charge is 0.462 e. The first kappa shape index (κ1) is 16.5. The highest BCUT2D eigenvalue weighted by atomic mass is 16.5. The van der Waals surface area contributed by atoms with Crippen LogP contribution in [0.1, 0.15) is 35.7 Å². The smallest absolute Gasteiger partial charge is 0.295 e. The molecule has 1 aromatic rings. The molecule has 0 aliphatic carbocycles. The molecule has 1 aliphatic rings. The van der Waals surface area contributed by atoms with Gasteiger partial charge in [-0.25, -0.2) is 0 Å². The van der Waals surface area contributed by atoms with Gasteiger partial charge in [0.15, 0.2) is 0 Å². The zero-order valence-electron chi connectivity index (χ0n) is 13.4. The maximum atomic E-state index is 12.4. The maximum Gasteiger partial charge on any atom is 0.295 e. The van der Waals surface area contributed by atoms with E-state index in [1.165, 1.54) is 0 Å². The predicted molar refractivity (Wildman–Crippen MR) is 86.2 cm³/mol. The highest BCUT2D eigenvalue weighted by Crippen LogP contribution is 2.12. The highest BCUT2D eigenvalue weighted by Gasteiger charge is 2.20. The summed E-state index contributed by atoms with van der Waals surface area (Å²) >= 11 is 0. The summed E-state index contributed by atoms with van der Waals surface area (Å²) in [5.41, 5.74) is 1.54. The standard InChI is InChI=1S/C17H24N2O3/c1-3-21-12-13-22-17(19-10-6-7-11-19)18-16(20)15-9-5-4-8-14(15)2/h4-5,8-9H,3,6-7,10-13H2,1-2H3. The van der Waals surface area contributed by atoms with Crippen LogP contribution in [-0.2, 0) is 9.47 Å². The number of amidine groups is 1. The van der Waals surface area contributed by atoms with Crippen LogP contribution in [0, 0.1) is 6.92 Å². The molecule has 0 radical (unpaired) electrons. The van der Waals surface area contributed by atoms with E-state index in [0.29, 0.717) is 31.4 Å². The molecule has 22 heavy (non-hydrogen) atoms. The molecular formula is C17H24N2O3. The fourth-order valence-corrected chi connectivity index (χ4v) is 2.40. The van der Waals surface area contributed by atoms with Crippen molar-refractivity contribution in [2.24, 2.45) is 4.99 Å². The van der Waals surface area contributed by atoms with E-state index >= 15 is 0 Å². The average Bonchev–Trinajstić information content (AvgIpc) is 3.05. The van der Waals surface area contributed by atoms with E-state index in [9.17, 15) is 4.79 Å². The van der Waals surface area contributed by atoms with Gasteiger partial charge < -0.3 is 14.4 Å². The Morgan fingerprint density at radius 1 is 1.23 bits per heavy atom. The number of rotatable bonds is 5. The molecule has 1 aliphatic heterocycles. The molecule has 1 heterocycles. The van der Waals surface area contributed by atoms with E-state index in [0.717, 1.165) is 31.5 Å². The second-order valence-corrected chi connectivity index (χ2v) is 5.25. The molecule has 5 heteroatoms. The molecule has 1 fully saturated rings. The van der Waals surface area contributed by atoms with E-state index in [2.05, 4.69) is 4.99 Å². The first-order valence-corrected chi connectivity index (χ1v) is 7.86. The van der Waals surface area contributed by atoms with Crippen molar-refractivity contribution in [3.8, 4) is 0 Å². The number of benzene rings is 1. The van der Waals surface area contributed by atoms with E-state index in [1.807, 2.05) is 36.9 Å². The quantitative estimate of drug-likeness (QED) is 0.477. The van der Waals surface area contributed by atoms with Gasteiger partial charge >= 0.3 is 0 Å². The average molecular weight is 304 g/mol. The molecule has 0 N–H and O–H groups in total. The molecule has 0 saturated carbocycles. The molecule has 0 aromatic heterocycles. The van der Waals surface area contributed by atoms with Crippen LogP contribution in [0.3, 0.4) is 0 Å². The molecule has 0 unspecified atom stereocenters. The van der Waals surface area contributed by atoms with Crippen molar-refractivity contribution in [2.45, 2.75) is 26.7 Å². The lowest BCUT2D eigenvalue weighted by atomic mass is 10.1. The second kappa shape index (κ2) is 8.54. The Bertz CT molecular complexity index is 522. The lowest BCUT2D eigenvalue weighted by molar-refractivity contribution is 0.0930. The van der Waals surface area contributed by atoms with Gasteiger partial charge in [0.1, 0.15) is 6.61 Å². The number of likely N-dealkylation sites (tertiary alicyclic amines) is 1. The van der Waals surface area contributed by atoms with Crippen LogP contribution in [0.2, 0.25) is 0 Å². The van der Waals surface area contributed by atoms with Crippen molar-refractivity contribution in [1.82, 2.24) is 4.90 Å². The Hall–Kier alpha value is -1.88. The summed E-state index contributed by atoms with van der Waals surface area (Å²) < 4.78 is 11.0. The number of hydrogen-bond acceptors (Lipinski definition) is 3. The number of aryl methyl sites for hydroxylation is 1. The molecule has 2 rings (SSSR count). The van der Waals surface area contributed by atoms with Crippen LogP contribution < -0.4 is 0 Å². The van der Waals surface area contributed by atoms with Crippen LogP contribution in [0.25, 0.3) is 0 Å². The van der Waals surface area contributed by atoms with Gasteiger partial charge in [0.2, 0.25) is 0 Å². The highest BCUT2D eigenvalue weighted by molar-refractivity contribution is 6.02. The van der Waals surface area contributed by atoms with Crippen LogP contribution >= 0.6 is 0 Å². The molecular weight excluding hydrogens is 280 g/mol. The molecule has 0 bridgehead atoms. The van der Waals surface area contributed by atoms with Crippen molar-refractivity contribution >= 4 is 11.9 Å². The van der Waals surface area contributed by atoms with Gasteiger partial charge in [0, 0.05) is 25.3 Å². The van der Waals surface area contributed by atoms with E-state index < -0.39 is 0 Å². The van der Waals surface area contributed by atoms with Gasteiger partial charge in [0.05, 0.1) is 6.61 Å². The number of carbonyl (C=O) groups excluding carboxylic acids is 1. The van der Waals surface area contributed by atoms with Gasteiger partial charge in [-0.1, -0.05) is 18.2 Å². The van der Waals surface area contributed by atoms with Crippen LogP contribution in [0.4, 0.5) is 0 Å². The third-order valence-corrected chi connectivity index (χ3v) is 3.61. The lowest BCUT2D eigenvalue weighted by Gasteiger charge is -2.19. The minimum absolute atomic E-state index is 0.253. The fourth-order valence-electron chi connectivity index (χ4n) is 2.40. The number of hydrogen-bond donors (Lipinski definition) is 0. The monoisotopic (exact) mass is 304 g/mol. The summed E-state index contributed by atoms with van der Waals surface area (Å²) in [6.07, 6.45) is 2.21. The number of carbonyl (C=O) groups is 1. The maximum absolute atomic E-state index is 12.4. The predicted octanol–water partition coefficient (Wildman–Crippen LogP) is 2.64. The van der Waals surface area contributed by atoms with Gasteiger partial charge in [-0.15, -0.1) is 0 Å². The van der Waals surface area contributed by atoms with Gasteiger partial charge in [0.25, 0.3) is 11.9 Å². The summed E-state index contributed by atoms with van der Waals surface area (Å²) in [6, 6.07) is 7.89. The molecule has 0 spiro atoms. The van der Waals surface area contributed by atoms with Crippen molar-refractivity contribution in [1.29, 1.82) is 0 Å². The third kappa shape index (κ3) is 4.56.